The molecule has 0 aliphatic heterocycles. The molecule has 15 heavy (non-hydrogen) atoms. The molecule has 0 aliphatic rings. The smallest absolute Gasteiger partial charge is 0.229 e. The van der Waals surface area contributed by atoms with E-state index in [0.29, 0.717) is 11.3 Å². The molecule has 1 heterocycles. The molecule has 1 aromatic heterocycles. The molecule has 0 amide bonds. The minimum Gasteiger partial charge on any atom is -0.286 e. The summed E-state index contributed by atoms with van der Waals surface area (Å²) in [6, 6.07) is 6.08. The van der Waals surface area contributed by atoms with Crippen molar-refractivity contribution < 1.29 is 9.15 Å². The monoisotopic (exact) mass is 206 g/mol. The lowest BCUT2D eigenvalue weighted by atomic mass is 9.82. The zero-order valence-electron chi connectivity index (χ0n) is 9.83. The van der Waals surface area contributed by atoms with Crippen molar-refractivity contribution in [2.45, 2.75) is 40.0 Å². The van der Waals surface area contributed by atoms with Gasteiger partial charge in [0.25, 0.3) is 0 Å². The Morgan fingerprint density at radius 1 is 1.20 bits per heavy atom. The van der Waals surface area contributed by atoms with E-state index < -0.39 is 0 Å². The van der Waals surface area contributed by atoms with Crippen LogP contribution in [0.25, 0.3) is 11.2 Å². The largest absolute Gasteiger partial charge is 0.286 e. The Hall–Kier alpha value is -1.18. The van der Waals surface area contributed by atoms with Crippen molar-refractivity contribution in [3.05, 3.63) is 23.8 Å². The molecule has 1 unspecified atom stereocenters. The van der Waals surface area contributed by atoms with Crippen LogP contribution < -0.4 is 0 Å². The van der Waals surface area contributed by atoms with Gasteiger partial charge in [-0.15, -0.1) is 0 Å². The van der Waals surface area contributed by atoms with E-state index in [0.717, 1.165) is 17.6 Å². The molecule has 1 atom stereocenters. The molecule has 0 radical (unpaired) electrons. The van der Waals surface area contributed by atoms with E-state index in [1.165, 1.54) is 5.56 Å². The summed E-state index contributed by atoms with van der Waals surface area (Å²) in [6.07, 6.45) is 1.15. The van der Waals surface area contributed by atoms with E-state index in [-0.39, 0.29) is 0 Å². The standard InChI is InChI=1S/C13H18O2/c1-9(8-13(2,3)4)10-6-5-7-11-12(10)15-14-11/h5-7,9H,8H2,1-4H3. The lowest BCUT2D eigenvalue weighted by Gasteiger charge is -2.23. The predicted molar refractivity (Wildman–Crippen MR) is 61.0 cm³/mol. The van der Waals surface area contributed by atoms with Gasteiger partial charge in [0.2, 0.25) is 11.2 Å². The van der Waals surface area contributed by atoms with Crippen molar-refractivity contribution in [3.8, 4) is 0 Å². The van der Waals surface area contributed by atoms with Crippen LogP contribution in [0.5, 0.6) is 0 Å². The Morgan fingerprint density at radius 3 is 2.47 bits per heavy atom. The number of fused-ring (bicyclic) bond motifs is 1. The third-order valence-electron chi connectivity index (χ3n) is 2.67. The summed E-state index contributed by atoms with van der Waals surface area (Å²) >= 11 is 0. The van der Waals surface area contributed by atoms with Gasteiger partial charge in [-0.05, 0) is 23.8 Å². The Morgan fingerprint density at radius 2 is 1.93 bits per heavy atom. The summed E-state index contributed by atoms with van der Waals surface area (Å²) in [4.78, 5) is 0. The second-order valence-electron chi connectivity index (χ2n) is 5.51. The molecular weight excluding hydrogens is 188 g/mol. The second-order valence-corrected chi connectivity index (χ2v) is 5.51. The molecule has 2 nitrogen and oxygen atoms in total. The maximum atomic E-state index is 5.04. The SMILES string of the molecule is CC(CC(C)(C)C)c1cccc2ooc12. The Bertz CT molecular complexity index is 442. The topological polar surface area (TPSA) is 26.3 Å². The summed E-state index contributed by atoms with van der Waals surface area (Å²) in [5.41, 5.74) is 3.39. The van der Waals surface area contributed by atoms with Crippen molar-refractivity contribution >= 4 is 11.2 Å². The number of hydrogen-bond acceptors (Lipinski definition) is 2. The lowest BCUT2D eigenvalue weighted by Crippen LogP contribution is -2.10. The molecule has 0 bridgehead atoms. The molecule has 0 saturated carbocycles. The maximum absolute atomic E-state index is 5.04. The first-order valence-corrected chi connectivity index (χ1v) is 5.45. The fraction of sp³-hybridized carbons (Fsp3) is 0.538. The van der Waals surface area contributed by atoms with Crippen LogP contribution in [0.2, 0.25) is 0 Å². The van der Waals surface area contributed by atoms with E-state index in [4.69, 9.17) is 9.15 Å². The van der Waals surface area contributed by atoms with E-state index in [2.05, 4.69) is 33.8 Å². The Balaban J connectivity index is 2.25. The van der Waals surface area contributed by atoms with Crippen molar-refractivity contribution in [1.82, 2.24) is 0 Å². The Labute approximate surface area is 90.2 Å². The normalized spacial score (nSPS) is 14.7. The van der Waals surface area contributed by atoms with Crippen LogP contribution in [0.4, 0.5) is 0 Å². The van der Waals surface area contributed by atoms with Crippen LogP contribution in [-0.4, -0.2) is 0 Å². The second kappa shape index (κ2) is 3.44. The molecule has 0 saturated heterocycles. The summed E-state index contributed by atoms with van der Waals surface area (Å²) in [6.45, 7) is 9.02. The van der Waals surface area contributed by atoms with Gasteiger partial charge in [-0.2, -0.15) is 0 Å². The van der Waals surface area contributed by atoms with Gasteiger partial charge in [0, 0.05) is 5.56 Å². The molecule has 2 rings (SSSR count). The first-order valence-electron chi connectivity index (χ1n) is 5.45. The minimum absolute atomic E-state index is 0.340. The quantitative estimate of drug-likeness (QED) is 0.673. The van der Waals surface area contributed by atoms with Crippen molar-refractivity contribution in [2.24, 2.45) is 5.41 Å². The van der Waals surface area contributed by atoms with Crippen LogP contribution in [-0.2, 0) is 0 Å². The average Bonchev–Trinajstić information content (AvgIpc) is 2.03. The number of benzene rings is 1. The Kier molecular flexibility index (Phi) is 2.37. The van der Waals surface area contributed by atoms with E-state index in [9.17, 15) is 0 Å². The molecule has 0 spiro atoms. The highest BCUT2D eigenvalue weighted by molar-refractivity contribution is 5.75. The fourth-order valence-corrected chi connectivity index (χ4v) is 2.16. The number of hydrogen-bond donors (Lipinski definition) is 0. The van der Waals surface area contributed by atoms with Gasteiger partial charge < -0.3 is 0 Å². The minimum atomic E-state index is 0.340. The summed E-state index contributed by atoms with van der Waals surface area (Å²) < 4.78 is 9.94. The van der Waals surface area contributed by atoms with Gasteiger partial charge in [0.1, 0.15) is 0 Å². The molecule has 82 valence electrons. The van der Waals surface area contributed by atoms with Crippen molar-refractivity contribution in [1.29, 1.82) is 0 Å². The fourth-order valence-electron chi connectivity index (χ4n) is 2.16. The van der Waals surface area contributed by atoms with Gasteiger partial charge in [-0.25, -0.2) is 0 Å². The highest BCUT2D eigenvalue weighted by Gasteiger charge is 2.21. The third-order valence-corrected chi connectivity index (χ3v) is 2.67. The summed E-state index contributed by atoms with van der Waals surface area (Å²) in [7, 11) is 0. The van der Waals surface area contributed by atoms with Gasteiger partial charge in [-0.1, -0.05) is 39.8 Å². The van der Waals surface area contributed by atoms with Crippen molar-refractivity contribution in [2.75, 3.05) is 0 Å². The van der Waals surface area contributed by atoms with Crippen LogP contribution >= 0.6 is 0 Å². The molecule has 0 aliphatic carbocycles. The summed E-state index contributed by atoms with van der Waals surface area (Å²) in [5.74, 6) is 0.504. The maximum Gasteiger partial charge on any atom is 0.229 e. The van der Waals surface area contributed by atoms with E-state index in [1.54, 1.807) is 0 Å². The van der Waals surface area contributed by atoms with Gasteiger partial charge in [0.05, 0.1) is 0 Å². The highest BCUT2D eigenvalue weighted by Crippen LogP contribution is 2.35. The van der Waals surface area contributed by atoms with E-state index >= 15 is 0 Å². The lowest BCUT2D eigenvalue weighted by molar-refractivity contribution is 0.0576. The van der Waals surface area contributed by atoms with Crippen LogP contribution in [0.1, 0.15) is 45.6 Å². The third kappa shape index (κ3) is 2.09. The predicted octanol–water partition coefficient (Wildman–Crippen LogP) is 4.57. The molecule has 1 aromatic carbocycles. The van der Waals surface area contributed by atoms with Crippen LogP contribution in [0, 0.1) is 5.41 Å². The number of para-hydroxylation sites is 1. The van der Waals surface area contributed by atoms with Gasteiger partial charge in [-0.3, -0.25) is 9.15 Å². The zero-order chi connectivity index (χ0) is 11.1. The molecule has 0 fully saturated rings. The van der Waals surface area contributed by atoms with Crippen molar-refractivity contribution in [3.63, 3.8) is 0 Å². The van der Waals surface area contributed by atoms with E-state index in [1.807, 2.05) is 12.1 Å². The average molecular weight is 206 g/mol. The van der Waals surface area contributed by atoms with Gasteiger partial charge in [0.15, 0.2) is 0 Å². The van der Waals surface area contributed by atoms with Crippen LogP contribution in [0.15, 0.2) is 27.4 Å². The molecule has 2 heteroatoms. The molecule has 0 N–H and O–H groups in total. The first-order chi connectivity index (χ1) is 6.97. The first kappa shape index (κ1) is 10.3. The zero-order valence-corrected chi connectivity index (χ0v) is 9.83. The van der Waals surface area contributed by atoms with Gasteiger partial charge >= 0.3 is 0 Å². The molecular formula is C13H18O2. The summed E-state index contributed by atoms with van der Waals surface area (Å²) in [5, 5.41) is 0. The molecule has 2 aromatic rings. The van der Waals surface area contributed by atoms with Crippen LogP contribution in [0.3, 0.4) is 0 Å². The highest BCUT2D eigenvalue weighted by atomic mass is 17.0. The number of rotatable bonds is 2.